The van der Waals surface area contributed by atoms with Crippen LogP contribution >= 0.6 is 0 Å². The predicted molar refractivity (Wildman–Crippen MR) is 152 cm³/mol. The number of nitrogens with zero attached hydrogens (tertiary/aromatic N) is 1. The van der Waals surface area contributed by atoms with Gasteiger partial charge in [0, 0.05) is 33.8 Å². The Labute approximate surface area is 237 Å². The molecule has 3 aliphatic carbocycles. The van der Waals surface area contributed by atoms with E-state index >= 15 is 0 Å². The van der Waals surface area contributed by atoms with Crippen LogP contribution in [0.4, 0.5) is 5.69 Å². The van der Waals surface area contributed by atoms with Crippen LogP contribution in [0.1, 0.15) is 54.1 Å². The molecule has 1 N–H and O–H groups in total. The number of amides is 2. The predicted octanol–water partition coefficient (Wildman–Crippen LogP) is 4.96. The number of rotatable bonds is 5. The molecule has 0 spiro atoms. The van der Waals surface area contributed by atoms with E-state index in [4.69, 9.17) is 0 Å². The van der Waals surface area contributed by atoms with Crippen LogP contribution in [0.2, 0.25) is 0 Å². The number of carbonyl (C=O) groups excluding carboxylic acids is 5. The molecule has 7 heteroatoms. The first-order chi connectivity index (χ1) is 19.6. The van der Waals surface area contributed by atoms with Gasteiger partial charge in [0.1, 0.15) is 5.75 Å². The number of fused-ring (bicyclic) bond motifs is 3. The fraction of sp³-hybridized carbons (Fsp3) is 0.265. The van der Waals surface area contributed by atoms with Gasteiger partial charge in [-0.25, -0.2) is 0 Å². The number of para-hydroxylation sites is 1. The second-order valence-corrected chi connectivity index (χ2v) is 11.2. The number of allylic oxidation sites excluding steroid dienone is 7. The number of benzene rings is 2. The van der Waals surface area contributed by atoms with Gasteiger partial charge in [0.05, 0.1) is 17.5 Å². The third-order valence-electron chi connectivity index (χ3n) is 8.92. The zero-order valence-corrected chi connectivity index (χ0v) is 22.8. The number of carbonyl (C=O) groups is 5. The molecule has 206 valence electrons. The van der Waals surface area contributed by atoms with Crippen LogP contribution in [0.5, 0.6) is 5.75 Å². The van der Waals surface area contributed by atoms with Crippen molar-refractivity contribution in [2.75, 3.05) is 4.90 Å². The molecule has 1 heterocycles. The summed E-state index contributed by atoms with van der Waals surface area (Å²) in [6.45, 7) is 6.82. The Morgan fingerprint density at radius 1 is 1.05 bits per heavy atom. The highest BCUT2D eigenvalue weighted by atomic mass is 16.3. The summed E-state index contributed by atoms with van der Waals surface area (Å²) < 4.78 is 0. The van der Waals surface area contributed by atoms with Gasteiger partial charge in [-0.3, -0.25) is 28.9 Å². The van der Waals surface area contributed by atoms with Gasteiger partial charge < -0.3 is 5.11 Å². The van der Waals surface area contributed by atoms with Gasteiger partial charge in [0.15, 0.2) is 17.3 Å². The van der Waals surface area contributed by atoms with E-state index < -0.39 is 23.7 Å². The first kappa shape index (κ1) is 26.6. The summed E-state index contributed by atoms with van der Waals surface area (Å²) in [6.07, 6.45) is 5.84. The van der Waals surface area contributed by atoms with Gasteiger partial charge in [-0.2, -0.15) is 0 Å². The van der Waals surface area contributed by atoms with Crippen LogP contribution in [0.15, 0.2) is 89.6 Å². The fourth-order valence-electron chi connectivity index (χ4n) is 7.00. The lowest BCUT2D eigenvalue weighted by atomic mass is 9.59. The summed E-state index contributed by atoms with van der Waals surface area (Å²) in [5, 5.41) is 11.3. The minimum absolute atomic E-state index is 0.0282. The molecule has 0 radical (unpaired) electrons. The SMILES string of the molecule is C=CCc1cccc([C@H]2C3=CC[C@@H]4C(=O)N(c5ccc(C(C)=O)cc5)C(=O)[C@@H]4[C@@H]3CC3=C2C(=O)C=C(C)C3=O)c1O. The molecule has 0 saturated carbocycles. The second kappa shape index (κ2) is 9.77. The fourth-order valence-corrected chi connectivity index (χ4v) is 7.00. The minimum Gasteiger partial charge on any atom is -0.507 e. The Morgan fingerprint density at radius 3 is 2.46 bits per heavy atom. The zero-order valence-electron chi connectivity index (χ0n) is 22.8. The molecule has 41 heavy (non-hydrogen) atoms. The van der Waals surface area contributed by atoms with E-state index in [1.807, 2.05) is 6.08 Å². The number of hydrogen-bond acceptors (Lipinski definition) is 6. The summed E-state index contributed by atoms with van der Waals surface area (Å²) in [5.41, 5.74) is 3.80. The van der Waals surface area contributed by atoms with Crippen LogP contribution in [0.3, 0.4) is 0 Å². The number of imide groups is 1. The van der Waals surface area contributed by atoms with E-state index in [2.05, 4.69) is 6.58 Å². The average Bonchev–Trinajstić information content (AvgIpc) is 3.21. The van der Waals surface area contributed by atoms with Gasteiger partial charge >= 0.3 is 0 Å². The normalized spacial score (nSPS) is 25.4. The average molecular weight is 548 g/mol. The quantitative estimate of drug-likeness (QED) is 0.245. The molecule has 4 aliphatic rings. The lowest BCUT2D eigenvalue weighted by Crippen LogP contribution is -2.39. The van der Waals surface area contributed by atoms with Gasteiger partial charge in [-0.15, -0.1) is 6.58 Å². The number of phenolic OH excluding ortho intramolecular Hbond substituents is 1. The van der Waals surface area contributed by atoms with E-state index in [0.717, 1.165) is 5.57 Å². The monoisotopic (exact) mass is 547 g/mol. The Bertz CT molecular complexity index is 1670. The summed E-state index contributed by atoms with van der Waals surface area (Å²) >= 11 is 0. The molecule has 2 aromatic rings. The van der Waals surface area contributed by atoms with Crippen molar-refractivity contribution in [2.24, 2.45) is 17.8 Å². The summed E-state index contributed by atoms with van der Waals surface area (Å²) in [7, 11) is 0. The number of ketones is 3. The Hall–Kier alpha value is -4.65. The molecule has 0 aromatic heterocycles. The highest BCUT2D eigenvalue weighted by Gasteiger charge is 2.56. The van der Waals surface area contributed by atoms with Crippen LogP contribution in [0, 0.1) is 17.8 Å². The largest absolute Gasteiger partial charge is 0.507 e. The highest BCUT2D eigenvalue weighted by Crippen LogP contribution is 2.56. The molecule has 6 rings (SSSR count). The van der Waals surface area contributed by atoms with Gasteiger partial charge in [-0.05, 0) is 74.9 Å². The maximum Gasteiger partial charge on any atom is 0.238 e. The molecule has 2 amide bonds. The number of anilines is 1. The van der Waals surface area contributed by atoms with E-state index in [9.17, 15) is 29.1 Å². The lowest BCUT2D eigenvalue weighted by Gasteiger charge is -2.42. The first-order valence-electron chi connectivity index (χ1n) is 13.7. The third kappa shape index (κ3) is 3.98. The summed E-state index contributed by atoms with van der Waals surface area (Å²) in [6, 6.07) is 11.7. The van der Waals surface area contributed by atoms with Crippen LogP contribution in [-0.2, 0) is 25.6 Å². The van der Waals surface area contributed by atoms with E-state index in [0.29, 0.717) is 51.9 Å². The molecule has 4 atom stereocenters. The van der Waals surface area contributed by atoms with Crippen molar-refractivity contribution in [3.63, 3.8) is 0 Å². The molecule has 1 aliphatic heterocycles. The molecule has 2 aromatic carbocycles. The molecule has 0 unspecified atom stereocenters. The van der Waals surface area contributed by atoms with Crippen molar-refractivity contribution >= 4 is 34.9 Å². The number of hydrogen-bond donors (Lipinski definition) is 1. The molecular formula is C34H29NO6. The third-order valence-corrected chi connectivity index (χ3v) is 8.92. The molecule has 1 fully saturated rings. The van der Waals surface area contributed by atoms with Crippen molar-refractivity contribution in [1.82, 2.24) is 0 Å². The molecule has 0 bridgehead atoms. The maximum absolute atomic E-state index is 14.0. The summed E-state index contributed by atoms with van der Waals surface area (Å²) in [5.74, 6) is -3.85. The number of Topliss-reactive ketones (excluding diaryl/α,β-unsaturated/α-hetero) is 2. The standard InChI is InChI=1S/C34H29NO6/c1-4-6-20-7-5-8-23(32(20)39)28-22-13-14-24-29(25(22)16-26-30(28)27(37)15-17(2)31(26)38)34(41)35(33(24)40)21-11-9-19(10-12-21)18(3)36/h4-5,7-13,15,24-25,28-29,39H,1,6,14,16H2,2-3H3/t24-,25+,28+,29-/m0/s1. The van der Waals surface area contributed by atoms with Crippen molar-refractivity contribution in [2.45, 2.75) is 39.0 Å². The zero-order chi connectivity index (χ0) is 29.2. The molecular weight excluding hydrogens is 518 g/mol. The maximum atomic E-state index is 14.0. The van der Waals surface area contributed by atoms with Crippen molar-refractivity contribution in [3.8, 4) is 5.75 Å². The lowest BCUT2D eigenvalue weighted by molar-refractivity contribution is -0.123. The van der Waals surface area contributed by atoms with E-state index in [-0.39, 0.29) is 41.3 Å². The first-order valence-corrected chi connectivity index (χ1v) is 13.7. The van der Waals surface area contributed by atoms with Crippen molar-refractivity contribution in [3.05, 3.63) is 106 Å². The van der Waals surface area contributed by atoms with Crippen molar-refractivity contribution in [1.29, 1.82) is 0 Å². The number of aromatic hydroxyl groups is 1. The smallest absolute Gasteiger partial charge is 0.238 e. The van der Waals surface area contributed by atoms with Gasteiger partial charge in [0.2, 0.25) is 11.8 Å². The Kier molecular flexibility index (Phi) is 6.33. The topological polar surface area (TPSA) is 109 Å². The Morgan fingerprint density at radius 2 is 1.78 bits per heavy atom. The Balaban J connectivity index is 1.47. The van der Waals surface area contributed by atoms with Gasteiger partial charge in [0.25, 0.3) is 0 Å². The minimum atomic E-state index is -0.723. The molecule has 1 saturated heterocycles. The molecule has 7 nitrogen and oxygen atoms in total. The van der Waals surface area contributed by atoms with E-state index in [1.54, 1.807) is 55.5 Å². The van der Waals surface area contributed by atoms with Crippen LogP contribution < -0.4 is 4.90 Å². The second-order valence-electron chi connectivity index (χ2n) is 11.2. The van der Waals surface area contributed by atoms with Gasteiger partial charge in [-0.1, -0.05) is 35.9 Å². The van der Waals surface area contributed by atoms with Crippen molar-refractivity contribution < 1.29 is 29.1 Å². The number of phenols is 1. The van der Waals surface area contributed by atoms with Crippen LogP contribution in [-0.4, -0.2) is 34.3 Å². The van der Waals surface area contributed by atoms with Crippen LogP contribution in [0.25, 0.3) is 0 Å². The highest BCUT2D eigenvalue weighted by molar-refractivity contribution is 6.25. The summed E-state index contributed by atoms with van der Waals surface area (Å²) in [4.78, 5) is 67.5. The van der Waals surface area contributed by atoms with E-state index in [1.165, 1.54) is 17.9 Å².